The van der Waals surface area contributed by atoms with Gasteiger partial charge in [0.25, 0.3) is 0 Å². The summed E-state index contributed by atoms with van der Waals surface area (Å²) in [6.45, 7) is 2.79. The van der Waals surface area contributed by atoms with Crippen LogP contribution in [0.4, 0.5) is 5.69 Å². The molecule has 118 valence electrons. The zero-order chi connectivity index (χ0) is 15.9. The molecule has 1 aromatic rings. The van der Waals surface area contributed by atoms with Crippen molar-refractivity contribution in [2.75, 3.05) is 18.1 Å². The Bertz CT molecular complexity index is 750. The number of sulfonamides is 1. The third-order valence-electron chi connectivity index (χ3n) is 4.04. The molecule has 8 heteroatoms. The first-order valence-corrected chi connectivity index (χ1v) is 10.1. The summed E-state index contributed by atoms with van der Waals surface area (Å²) in [5.74, 6) is 0. The average molecular weight is 332 g/mol. The molecular formula is C13H20N2O4S2. The summed E-state index contributed by atoms with van der Waals surface area (Å²) >= 11 is 0. The van der Waals surface area contributed by atoms with Gasteiger partial charge in [-0.3, -0.25) is 0 Å². The fraction of sp³-hybridized carbons (Fsp3) is 0.538. The first-order chi connectivity index (χ1) is 9.57. The largest absolute Gasteiger partial charge is 0.383 e. The molecule has 0 saturated heterocycles. The van der Waals surface area contributed by atoms with Gasteiger partial charge in [0, 0.05) is 12.8 Å². The van der Waals surface area contributed by atoms with Crippen molar-refractivity contribution in [3.63, 3.8) is 0 Å². The van der Waals surface area contributed by atoms with Gasteiger partial charge in [0.1, 0.15) is 0 Å². The Hall–Kier alpha value is -1.12. The SMILES string of the molecule is CCC1(CNc2ccc(S(N)(=O)=O)cc2S(C)(=O)=O)CC1. The van der Waals surface area contributed by atoms with Crippen molar-refractivity contribution in [3.05, 3.63) is 18.2 Å². The number of hydrogen-bond acceptors (Lipinski definition) is 5. The number of rotatable bonds is 6. The topological polar surface area (TPSA) is 106 Å². The lowest BCUT2D eigenvalue weighted by atomic mass is 10.0. The van der Waals surface area contributed by atoms with Crippen LogP contribution in [0.2, 0.25) is 0 Å². The molecule has 1 aliphatic carbocycles. The van der Waals surface area contributed by atoms with Gasteiger partial charge < -0.3 is 5.32 Å². The third-order valence-corrected chi connectivity index (χ3v) is 6.09. The van der Waals surface area contributed by atoms with Gasteiger partial charge in [-0.05, 0) is 42.9 Å². The lowest BCUT2D eigenvalue weighted by Crippen LogP contribution is -2.17. The van der Waals surface area contributed by atoms with Crippen molar-refractivity contribution >= 4 is 25.5 Å². The summed E-state index contributed by atoms with van der Waals surface area (Å²) in [4.78, 5) is -0.244. The smallest absolute Gasteiger partial charge is 0.238 e. The van der Waals surface area contributed by atoms with Crippen molar-refractivity contribution in [2.45, 2.75) is 36.0 Å². The molecule has 6 nitrogen and oxygen atoms in total. The van der Waals surface area contributed by atoms with Crippen LogP contribution in [0.1, 0.15) is 26.2 Å². The number of nitrogens with two attached hydrogens (primary N) is 1. The lowest BCUT2D eigenvalue weighted by Gasteiger charge is -2.17. The van der Waals surface area contributed by atoms with Crippen LogP contribution in [0, 0.1) is 5.41 Å². The van der Waals surface area contributed by atoms with Crippen LogP contribution in [0.15, 0.2) is 28.0 Å². The summed E-state index contributed by atoms with van der Waals surface area (Å²) < 4.78 is 46.5. The molecule has 3 N–H and O–H groups in total. The van der Waals surface area contributed by atoms with E-state index in [1.165, 1.54) is 12.1 Å². The van der Waals surface area contributed by atoms with Crippen LogP contribution in [0.25, 0.3) is 0 Å². The molecule has 1 aromatic carbocycles. The number of primary sulfonamides is 1. The van der Waals surface area contributed by atoms with Gasteiger partial charge in [-0.1, -0.05) is 6.92 Å². The quantitative estimate of drug-likeness (QED) is 0.817. The van der Waals surface area contributed by atoms with Crippen molar-refractivity contribution < 1.29 is 16.8 Å². The summed E-state index contributed by atoms with van der Waals surface area (Å²) in [6, 6.07) is 3.89. The second kappa shape index (κ2) is 5.26. The van der Waals surface area contributed by atoms with E-state index in [4.69, 9.17) is 5.14 Å². The highest BCUT2D eigenvalue weighted by Gasteiger charge is 2.40. The normalized spacial score (nSPS) is 17.5. The van der Waals surface area contributed by atoms with E-state index in [9.17, 15) is 16.8 Å². The molecule has 0 spiro atoms. The molecule has 0 heterocycles. The Morgan fingerprint density at radius 2 is 1.86 bits per heavy atom. The van der Waals surface area contributed by atoms with Crippen molar-refractivity contribution in [2.24, 2.45) is 10.6 Å². The van der Waals surface area contributed by atoms with Crippen LogP contribution in [-0.2, 0) is 19.9 Å². The number of hydrogen-bond donors (Lipinski definition) is 2. The van der Waals surface area contributed by atoms with Gasteiger partial charge >= 0.3 is 0 Å². The van der Waals surface area contributed by atoms with Gasteiger partial charge in [-0.25, -0.2) is 22.0 Å². The maximum Gasteiger partial charge on any atom is 0.238 e. The van der Waals surface area contributed by atoms with Gasteiger partial charge in [0.05, 0.1) is 15.5 Å². The lowest BCUT2D eigenvalue weighted by molar-refractivity contribution is 0.521. The minimum absolute atomic E-state index is 0.0408. The van der Waals surface area contributed by atoms with E-state index >= 15 is 0 Å². The van der Waals surface area contributed by atoms with Crippen LogP contribution in [-0.4, -0.2) is 29.6 Å². The van der Waals surface area contributed by atoms with Crippen molar-refractivity contribution in [3.8, 4) is 0 Å². The fourth-order valence-electron chi connectivity index (χ4n) is 2.25. The summed E-state index contributed by atoms with van der Waals surface area (Å²) in [5.41, 5.74) is 0.664. The number of sulfone groups is 1. The Kier molecular flexibility index (Phi) is 4.07. The Morgan fingerprint density at radius 1 is 1.24 bits per heavy atom. The van der Waals surface area contributed by atoms with Gasteiger partial charge in [0.15, 0.2) is 9.84 Å². The summed E-state index contributed by atoms with van der Waals surface area (Å²) in [6.07, 6.45) is 4.33. The molecule has 0 unspecified atom stereocenters. The van der Waals surface area contributed by atoms with E-state index in [0.717, 1.165) is 31.6 Å². The number of anilines is 1. The predicted octanol–water partition coefficient (Wildman–Crippen LogP) is 1.34. The molecule has 0 amide bonds. The second-order valence-electron chi connectivity index (χ2n) is 5.68. The maximum atomic E-state index is 11.9. The van der Waals surface area contributed by atoms with Crippen LogP contribution < -0.4 is 10.5 Å². The molecule has 0 aromatic heterocycles. The van der Waals surface area contributed by atoms with E-state index in [1.807, 2.05) is 0 Å². The number of benzene rings is 1. The summed E-state index contributed by atoms with van der Waals surface area (Å²) in [5, 5.41) is 8.19. The highest BCUT2D eigenvalue weighted by Crippen LogP contribution is 2.48. The minimum Gasteiger partial charge on any atom is -0.383 e. The minimum atomic E-state index is -3.93. The molecule has 1 saturated carbocycles. The van der Waals surface area contributed by atoms with Crippen LogP contribution in [0.5, 0.6) is 0 Å². The Morgan fingerprint density at radius 3 is 2.29 bits per heavy atom. The molecule has 2 rings (SSSR count). The van der Waals surface area contributed by atoms with Crippen LogP contribution >= 0.6 is 0 Å². The average Bonchev–Trinajstić information content (AvgIpc) is 3.14. The fourth-order valence-corrected chi connectivity index (χ4v) is 3.74. The van der Waals surface area contributed by atoms with E-state index in [-0.39, 0.29) is 15.2 Å². The van der Waals surface area contributed by atoms with E-state index in [2.05, 4.69) is 12.2 Å². The van der Waals surface area contributed by atoms with Gasteiger partial charge in [-0.15, -0.1) is 0 Å². The first kappa shape index (κ1) is 16.3. The highest BCUT2D eigenvalue weighted by atomic mass is 32.2. The molecule has 1 fully saturated rings. The molecule has 1 aliphatic rings. The van der Waals surface area contributed by atoms with Crippen molar-refractivity contribution in [1.82, 2.24) is 0 Å². The molecule has 0 atom stereocenters. The zero-order valence-electron chi connectivity index (χ0n) is 12.1. The standard InChI is InChI=1S/C13H20N2O4S2/c1-3-13(6-7-13)9-15-11-5-4-10(21(14,18)19)8-12(11)20(2,16)17/h4-5,8,15H,3,6-7,9H2,1-2H3,(H2,14,18,19). The van der Waals surface area contributed by atoms with Crippen LogP contribution in [0.3, 0.4) is 0 Å². The van der Waals surface area contributed by atoms with E-state index in [0.29, 0.717) is 12.2 Å². The second-order valence-corrected chi connectivity index (χ2v) is 9.23. The zero-order valence-corrected chi connectivity index (χ0v) is 13.7. The van der Waals surface area contributed by atoms with Crippen molar-refractivity contribution in [1.29, 1.82) is 0 Å². The monoisotopic (exact) mass is 332 g/mol. The molecule has 0 radical (unpaired) electrons. The van der Waals surface area contributed by atoms with E-state index < -0.39 is 19.9 Å². The maximum absolute atomic E-state index is 11.9. The molecule has 0 bridgehead atoms. The summed E-state index contributed by atoms with van der Waals surface area (Å²) in [7, 11) is -7.48. The van der Waals surface area contributed by atoms with Gasteiger partial charge in [0.2, 0.25) is 10.0 Å². The number of nitrogens with one attached hydrogen (secondary N) is 1. The van der Waals surface area contributed by atoms with E-state index in [1.54, 1.807) is 0 Å². The van der Waals surface area contributed by atoms with Gasteiger partial charge in [-0.2, -0.15) is 0 Å². The molecule has 21 heavy (non-hydrogen) atoms. The third kappa shape index (κ3) is 3.75. The Labute approximate surface area is 125 Å². The predicted molar refractivity (Wildman–Crippen MR) is 81.4 cm³/mol. The highest BCUT2D eigenvalue weighted by molar-refractivity contribution is 7.91. The first-order valence-electron chi connectivity index (χ1n) is 6.68. The Balaban J connectivity index is 2.37. The molecule has 0 aliphatic heterocycles. The molecular weight excluding hydrogens is 312 g/mol.